The average molecular weight is 363 g/mol. The molecule has 1 saturated heterocycles. The number of benzene rings is 1. The number of aromatic nitrogens is 1. The second kappa shape index (κ2) is 7.66. The number of hydrogen-bond donors (Lipinski definition) is 0. The number of ketones is 1. The number of nitriles is 1. The van der Waals surface area contributed by atoms with E-state index in [1.807, 2.05) is 31.2 Å². The van der Waals surface area contributed by atoms with E-state index in [0.29, 0.717) is 17.6 Å². The van der Waals surface area contributed by atoms with Crippen LogP contribution in [0.2, 0.25) is 0 Å². The van der Waals surface area contributed by atoms with Crippen LogP contribution in [0.3, 0.4) is 0 Å². The van der Waals surface area contributed by atoms with Gasteiger partial charge in [0.05, 0.1) is 23.7 Å². The number of ether oxygens (including phenoxy) is 1. The van der Waals surface area contributed by atoms with Gasteiger partial charge >= 0.3 is 0 Å². The van der Waals surface area contributed by atoms with Crippen molar-refractivity contribution in [1.29, 1.82) is 5.26 Å². The van der Waals surface area contributed by atoms with Crippen LogP contribution >= 0.6 is 0 Å². The van der Waals surface area contributed by atoms with Crippen molar-refractivity contribution in [1.82, 2.24) is 4.98 Å². The first-order valence-electron chi connectivity index (χ1n) is 9.89. The summed E-state index contributed by atoms with van der Waals surface area (Å²) in [5.41, 5.74) is 2.31. The Morgan fingerprint density at radius 3 is 2.81 bits per heavy atom. The highest BCUT2D eigenvalue weighted by molar-refractivity contribution is 5.95. The Balaban J connectivity index is 1.63. The monoisotopic (exact) mass is 363 g/mol. The fourth-order valence-corrected chi connectivity index (χ4v) is 4.48. The summed E-state index contributed by atoms with van der Waals surface area (Å²) in [7, 11) is 0. The average Bonchev–Trinajstić information content (AvgIpc) is 2.72. The zero-order valence-corrected chi connectivity index (χ0v) is 15.7. The normalized spacial score (nSPS) is 23.9. The van der Waals surface area contributed by atoms with Gasteiger partial charge in [0.1, 0.15) is 12.2 Å². The number of rotatable bonds is 3. The van der Waals surface area contributed by atoms with Gasteiger partial charge in [0.2, 0.25) is 0 Å². The molecule has 1 aliphatic carbocycles. The summed E-state index contributed by atoms with van der Waals surface area (Å²) in [6, 6.07) is 9.90. The van der Waals surface area contributed by atoms with Gasteiger partial charge in [-0.1, -0.05) is 19.3 Å². The Labute approximate surface area is 159 Å². The first-order chi connectivity index (χ1) is 13.2. The summed E-state index contributed by atoms with van der Waals surface area (Å²) in [5.74, 6) is 0.414. The third kappa shape index (κ3) is 3.54. The van der Waals surface area contributed by atoms with Crippen molar-refractivity contribution >= 4 is 22.4 Å². The molecule has 27 heavy (non-hydrogen) atoms. The molecule has 1 saturated carbocycles. The molecular formula is C22H25N3O2. The molecule has 0 bridgehead atoms. The van der Waals surface area contributed by atoms with Crippen molar-refractivity contribution in [3.05, 3.63) is 36.0 Å². The highest BCUT2D eigenvalue weighted by Gasteiger charge is 2.35. The largest absolute Gasteiger partial charge is 0.365 e. The van der Waals surface area contributed by atoms with Crippen LogP contribution in [0.4, 0.5) is 5.69 Å². The quantitative estimate of drug-likeness (QED) is 0.829. The van der Waals surface area contributed by atoms with Crippen molar-refractivity contribution < 1.29 is 9.53 Å². The zero-order valence-electron chi connectivity index (χ0n) is 15.7. The summed E-state index contributed by atoms with van der Waals surface area (Å²) < 4.78 is 6.05. The Bertz CT molecular complexity index is 883. The van der Waals surface area contributed by atoms with Crippen molar-refractivity contribution in [2.45, 2.75) is 51.2 Å². The molecule has 1 aromatic carbocycles. The van der Waals surface area contributed by atoms with E-state index in [-0.39, 0.29) is 23.9 Å². The summed E-state index contributed by atoms with van der Waals surface area (Å²) in [4.78, 5) is 19.7. The highest BCUT2D eigenvalue weighted by Crippen LogP contribution is 2.32. The molecule has 1 aromatic heterocycles. The van der Waals surface area contributed by atoms with Gasteiger partial charge in [0.25, 0.3) is 0 Å². The molecule has 2 aromatic rings. The van der Waals surface area contributed by atoms with E-state index in [0.717, 1.165) is 43.3 Å². The van der Waals surface area contributed by atoms with Crippen molar-refractivity contribution in [2.75, 3.05) is 18.0 Å². The van der Waals surface area contributed by atoms with Crippen molar-refractivity contribution in [3.63, 3.8) is 0 Å². The van der Waals surface area contributed by atoms with Crippen LogP contribution in [0.25, 0.3) is 10.9 Å². The second-order valence-corrected chi connectivity index (χ2v) is 7.72. The van der Waals surface area contributed by atoms with Gasteiger partial charge in [0, 0.05) is 29.7 Å². The first kappa shape index (κ1) is 17.9. The molecule has 0 amide bonds. The molecule has 5 heteroatoms. The number of morpholine rings is 1. The number of hydrogen-bond acceptors (Lipinski definition) is 5. The maximum Gasteiger partial charge on any atom is 0.166 e. The molecule has 0 unspecified atom stereocenters. The lowest BCUT2D eigenvalue weighted by molar-refractivity contribution is -0.140. The van der Waals surface area contributed by atoms with Gasteiger partial charge in [-0.3, -0.25) is 9.78 Å². The zero-order chi connectivity index (χ0) is 18.8. The summed E-state index contributed by atoms with van der Waals surface area (Å²) in [6.45, 7) is 3.32. The Kier molecular flexibility index (Phi) is 5.09. The van der Waals surface area contributed by atoms with Gasteiger partial charge < -0.3 is 9.64 Å². The van der Waals surface area contributed by atoms with Crippen molar-refractivity contribution in [2.24, 2.45) is 5.92 Å². The third-order valence-corrected chi connectivity index (χ3v) is 5.79. The number of carbonyl (C=O) groups is 1. The van der Waals surface area contributed by atoms with Gasteiger partial charge in [-0.2, -0.15) is 5.26 Å². The van der Waals surface area contributed by atoms with E-state index in [1.54, 1.807) is 6.20 Å². The van der Waals surface area contributed by atoms with Crippen molar-refractivity contribution in [3.8, 4) is 6.07 Å². The molecule has 2 heterocycles. The molecule has 0 radical (unpaired) electrons. The van der Waals surface area contributed by atoms with Gasteiger partial charge in [0.15, 0.2) is 5.78 Å². The minimum Gasteiger partial charge on any atom is -0.365 e. The topological polar surface area (TPSA) is 66.2 Å². The SMILES string of the molecule is C[C@@H]1CN(c2ccc(C#N)c3ncccc23)C[C@H](C(=O)C2CCCCC2)O1. The van der Waals surface area contributed by atoms with E-state index in [4.69, 9.17) is 4.74 Å². The van der Waals surface area contributed by atoms with Gasteiger partial charge in [-0.05, 0) is 44.0 Å². The van der Waals surface area contributed by atoms with Gasteiger partial charge in [-0.15, -0.1) is 0 Å². The number of Topliss-reactive ketones (excluding diaryl/α,β-unsaturated/α-hetero) is 1. The molecule has 4 rings (SSSR count). The number of nitrogens with zero attached hydrogens (tertiary/aromatic N) is 3. The molecule has 5 nitrogen and oxygen atoms in total. The van der Waals surface area contributed by atoms with Crippen LogP contribution in [-0.4, -0.2) is 36.1 Å². The van der Waals surface area contributed by atoms with Crippen LogP contribution in [-0.2, 0) is 9.53 Å². The second-order valence-electron chi connectivity index (χ2n) is 7.72. The minimum absolute atomic E-state index is 0.0151. The predicted molar refractivity (Wildman–Crippen MR) is 105 cm³/mol. The molecule has 0 spiro atoms. The Morgan fingerprint density at radius 1 is 1.22 bits per heavy atom. The van der Waals surface area contributed by atoms with Crippen LogP contribution in [0.15, 0.2) is 30.5 Å². The lowest BCUT2D eigenvalue weighted by Crippen LogP contribution is -2.51. The van der Waals surface area contributed by atoms with Gasteiger partial charge in [-0.25, -0.2) is 0 Å². The predicted octanol–water partition coefficient (Wildman–Crippen LogP) is 3.85. The molecule has 0 N–H and O–H groups in total. The number of pyridine rings is 1. The first-order valence-corrected chi connectivity index (χ1v) is 9.89. The molecule has 2 fully saturated rings. The van der Waals surface area contributed by atoms with Crippen LogP contribution < -0.4 is 4.90 Å². The number of fused-ring (bicyclic) bond motifs is 1. The lowest BCUT2D eigenvalue weighted by Gasteiger charge is -2.39. The molecule has 140 valence electrons. The standard InChI is InChI=1S/C22H25N3O2/c1-15-13-25(14-20(27-15)22(26)16-6-3-2-4-7-16)19-10-9-17(12-23)21-18(19)8-5-11-24-21/h5,8-11,15-16,20H,2-4,6-7,13-14H2,1H3/t15-,20-/m1/s1. The fourth-order valence-electron chi connectivity index (χ4n) is 4.48. The maximum absolute atomic E-state index is 13.0. The van der Waals surface area contributed by atoms with E-state index in [2.05, 4.69) is 16.0 Å². The number of carbonyl (C=O) groups excluding carboxylic acids is 1. The van der Waals surface area contributed by atoms with Crippen LogP contribution in [0, 0.1) is 17.2 Å². The number of anilines is 1. The molecular weight excluding hydrogens is 338 g/mol. The maximum atomic E-state index is 13.0. The summed E-state index contributed by atoms with van der Waals surface area (Å²) in [5, 5.41) is 10.3. The van der Waals surface area contributed by atoms with E-state index >= 15 is 0 Å². The summed E-state index contributed by atoms with van der Waals surface area (Å²) >= 11 is 0. The minimum atomic E-state index is -0.376. The van der Waals surface area contributed by atoms with E-state index in [9.17, 15) is 10.1 Å². The third-order valence-electron chi connectivity index (χ3n) is 5.79. The Morgan fingerprint density at radius 2 is 2.04 bits per heavy atom. The van der Waals surface area contributed by atoms with E-state index < -0.39 is 0 Å². The molecule has 2 atom stereocenters. The van der Waals surface area contributed by atoms with E-state index in [1.165, 1.54) is 6.42 Å². The lowest BCUT2D eigenvalue weighted by atomic mass is 9.84. The highest BCUT2D eigenvalue weighted by atomic mass is 16.5. The molecule has 2 aliphatic rings. The van der Waals surface area contributed by atoms with Crippen LogP contribution in [0.5, 0.6) is 0 Å². The Hall–Kier alpha value is -2.45. The summed E-state index contributed by atoms with van der Waals surface area (Å²) in [6.07, 6.45) is 6.85. The smallest absolute Gasteiger partial charge is 0.166 e. The van der Waals surface area contributed by atoms with Crippen LogP contribution in [0.1, 0.15) is 44.6 Å². The molecule has 1 aliphatic heterocycles. The fraction of sp³-hybridized carbons (Fsp3) is 0.500.